The normalized spacial score (nSPS) is 15.9. The van der Waals surface area contributed by atoms with Crippen molar-refractivity contribution in [1.82, 2.24) is 0 Å². The molecule has 0 bridgehead atoms. The van der Waals surface area contributed by atoms with Crippen LogP contribution in [0.3, 0.4) is 0 Å². The minimum Gasteiger partial charge on any atom is -0.452 e. The van der Waals surface area contributed by atoms with Crippen molar-refractivity contribution in [3.05, 3.63) is 60.5 Å². The fourth-order valence-corrected chi connectivity index (χ4v) is 2.38. The predicted molar refractivity (Wildman–Crippen MR) is 81.1 cm³/mol. The zero-order valence-electron chi connectivity index (χ0n) is 12.2. The third-order valence-corrected chi connectivity index (χ3v) is 3.47. The number of rotatable bonds is 2. The summed E-state index contributed by atoms with van der Waals surface area (Å²) in [5.41, 5.74) is 3.75. The fraction of sp³-hybridized carbons (Fsp3) is 0.222. The lowest BCUT2D eigenvalue weighted by Crippen LogP contribution is -2.38. The first kappa shape index (κ1) is 13.7. The highest BCUT2D eigenvalue weighted by Crippen LogP contribution is 2.34. The minimum absolute atomic E-state index is 0.347. The summed E-state index contributed by atoms with van der Waals surface area (Å²) >= 11 is 0. The molecular weight excluding hydrogens is 264 g/mol. The molecule has 0 unspecified atom stereocenters. The largest absolute Gasteiger partial charge is 0.452 e. The maximum Gasteiger partial charge on any atom is 0.345 e. The Labute approximate surface area is 124 Å². The van der Waals surface area contributed by atoms with Gasteiger partial charge >= 0.3 is 5.97 Å². The van der Waals surface area contributed by atoms with Gasteiger partial charge in [0.2, 0.25) is 5.79 Å². The molecule has 1 heterocycles. The predicted octanol–water partition coefficient (Wildman–Crippen LogP) is 4.02. The van der Waals surface area contributed by atoms with Crippen molar-refractivity contribution in [1.29, 1.82) is 0 Å². The fourth-order valence-electron chi connectivity index (χ4n) is 2.38. The average Bonchev–Trinajstić information content (AvgIpc) is 2.45. The van der Waals surface area contributed by atoms with Gasteiger partial charge in [0.05, 0.1) is 0 Å². The van der Waals surface area contributed by atoms with Crippen LogP contribution in [0.2, 0.25) is 0 Å². The molecule has 0 N–H and O–H groups in total. The first-order valence-electron chi connectivity index (χ1n) is 6.93. The number of carbonyl (C=O) groups is 1. The molecule has 107 valence electrons. The first-order valence-corrected chi connectivity index (χ1v) is 6.93. The Morgan fingerprint density at radius 3 is 2.33 bits per heavy atom. The average molecular weight is 281 g/mol. The molecule has 2 aromatic carbocycles. The number of hydrogen-bond donors (Lipinski definition) is 0. The molecular formula is C18H17O3. The van der Waals surface area contributed by atoms with E-state index >= 15 is 0 Å². The molecule has 0 aromatic heterocycles. The summed E-state index contributed by atoms with van der Waals surface area (Å²) in [6, 6.07) is 13.7. The molecule has 1 aliphatic heterocycles. The van der Waals surface area contributed by atoms with Crippen LogP contribution < -0.4 is 4.74 Å². The number of ether oxygens (including phenoxy) is 2. The van der Waals surface area contributed by atoms with Gasteiger partial charge in [-0.1, -0.05) is 30.3 Å². The van der Waals surface area contributed by atoms with Crippen LogP contribution in [-0.4, -0.2) is 11.8 Å². The van der Waals surface area contributed by atoms with Crippen LogP contribution in [0.4, 0.5) is 0 Å². The third kappa shape index (κ3) is 2.64. The van der Waals surface area contributed by atoms with Crippen molar-refractivity contribution in [3.8, 4) is 16.9 Å². The molecule has 2 aromatic rings. The van der Waals surface area contributed by atoms with E-state index in [0.717, 1.165) is 17.5 Å². The smallest absolute Gasteiger partial charge is 0.345 e. The Kier molecular flexibility index (Phi) is 3.20. The lowest BCUT2D eigenvalue weighted by atomic mass is 10.0. The van der Waals surface area contributed by atoms with Crippen molar-refractivity contribution >= 4 is 5.97 Å². The molecule has 0 saturated carbocycles. The second kappa shape index (κ2) is 4.92. The minimum atomic E-state index is -0.930. The summed E-state index contributed by atoms with van der Waals surface area (Å²) < 4.78 is 11.0. The van der Waals surface area contributed by atoms with Crippen LogP contribution >= 0.6 is 0 Å². The van der Waals surface area contributed by atoms with E-state index in [0.29, 0.717) is 11.3 Å². The van der Waals surface area contributed by atoms with Gasteiger partial charge in [-0.15, -0.1) is 0 Å². The van der Waals surface area contributed by atoms with Gasteiger partial charge in [-0.2, -0.15) is 0 Å². The second-order valence-electron chi connectivity index (χ2n) is 5.55. The van der Waals surface area contributed by atoms with Gasteiger partial charge in [-0.3, -0.25) is 0 Å². The van der Waals surface area contributed by atoms with E-state index in [1.165, 1.54) is 5.56 Å². The number of carbonyl (C=O) groups excluding carboxylic acids is 1. The Balaban J connectivity index is 2.00. The summed E-state index contributed by atoms with van der Waals surface area (Å²) in [5, 5.41) is 0. The number of cyclic esters (lactones) is 1. The molecule has 3 heteroatoms. The van der Waals surface area contributed by atoms with Crippen molar-refractivity contribution in [2.24, 2.45) is 0 Å². The Morgan fingerprint density at radius 1 is 1.00 bits per heavy atom. The van der Waals surface area contributed by atoms with Gasteiger partial charge in [0, 0.05) is 13.8 Å². The number of hydrogen-bond acceptors (Lipinski definition) is 3. The molecule has 0 amide bonds. The Morgan fingerprint density at radius 2 is 1.67 bits per heavy atom. The maximum atomic E-state index is 11.9. The summed E-state index contributed by atoms with van der Waals surface area (Å²) in [6.45, 7) is 7.32. The molecule has 0 saturated heterocycles. The van der Waals surface area contributed by atoms with Crippen molar-refractivity contribution in [2.75, 3.05) is 0 Å². The Hall–Kier alpha value is -2.29. The van der Waals surface area contributed by atoms with Crippen LogP contribution in [0.15, 0.2) is 42.5 Å². The number of fused-ring (bicyclic) bond motifs is 1. The van der Waals surface area contributed by atoms with Crippen molar-refractivity contribution in [2.45, 2.75) is 26.1 Å². The molecule has 0 fully saturated rings. The Bertz CT molecular complexity index is 684. The van der Waals surface area contributed by atoms with E-state index < -0.39 is 5.79 Å². The van der Waals surface area contributed by atoms with Crippen molar-refractivity contribution in [3.63, 3.8) is 0 Å². The summed E-state index contributed by atoms with van der Waals surface area (Å²) in [5.74, 6) is -0.712. The first-order chi connectivity index (χ1) is 9.98. The molecule has 3 nitrogen and oxygen atoms in total. The highest BCUT2D eigenvalue weighted by molar-refractivity contribution is 5.94. The summed E-state index contributed by atoms with van der Waals surface area (Å²) in [4.78, 5) is 11.9. The molecule has 1 aliphatic rings. The van der Waals surface area contributed by atoms with Crippen LogP contribution in [0.25, 0.3) is 11.1 Å². The highest BCUT2D eigenvalue weighted by atomic mass is 16.7. The van der Waals surface area contributed by atoms with Crippen LogP contribution in [0, 0.1) is 6.92 Å². The lowest BCUT2D eigenvalue weighted by molar-refractivity contribution is -0.127. The monoisotopic (exact) mass is 281 g/mol. The van der Waals surface area contributed by atoms with E-state index in [2.05, 4.69) is 31.2 Å². The van der Waals surface area contributed by atoms with Gasteiger partial charge in [0.15, 0.2) is 0 Å². The van der Waals surface area contributed by atoms with Crippen LogP contribution in [-0.2, 0) is 11.2 Å². The van der Waals surface area contributed by atoms with Gasteiger partial charge in [-0.05, 0) is 42.2 Å². The zero-order valence-corrected chi connectivity index (χ0v) is 12.2. The molecule has 0 aliphatic carbocycles. The topological polar surface area (TPSA) is 35.5 Å². The SMILES string of the molecule is [CH2]Cc1ccc(-c2ccc3c(c2)OC(C)(C)OC3=O)cc1. The van der Waals surface area contributed by atoms with E-state index in [1.54, 1.807) is 19.9 Å². The van der Waals surface area contributed by atoms with Gasteiger partial charge < -0.3 is 9.47 Å². The number of esters is 1. The van der Waals surface area contributed by atoms with E-state index in [9.17, 15) is 4.79 Å². The van der Waals surface area contributed by atoms with Gasteiger partial charge in [0.1, 0.15) is 11.3 Å². The van der Waals surface area contributed by atoms with Crippen molar-refractivity contribution < 1.29 is 14.3 Å². The summed E-state index contributed by atoms with van der Waals surface area (Å²) in [6.07, 6.45) is 0.771. The highest BCUT2D eigenvalue weighted by Gasteiger charge is 2.33. The molecule has 3 rings (SSSR count). The van der Waals surface area contributed by atoms with E-state index in [4.69, 9.17) is 9.47 Å². The van der Waals surface area contributed by atoms with E-state index in [-0.39, 0.29) is 5.97 Å². The van der Waals surface area contributed by atoms with Crippen LogP contribution in [0.5, 0.6) is 5.75 Å². The molecule has 21 heavy (non-hydrogen) atoms. The zero-order chi connectivity index (χ0) is 15.0. The van der Waals surface area contributed by atoms with Gasteiger partial charge in [-0.25, -0.2) is 4.79 Å². The van der Waals surface area contributed by atoms with Crippen LogP contribution in [0.1, 0.15) is 29.8 Å². The molecule has 0 spiro atoms. The third-order valence-electron chi connectivity index (χ3n) is 3.47. The summed E-state index contributed by atoms with van der Waals surface area (Å²) in [7, 11) is 0. The lowest BCUT2D eigenvalue weighted by Gasteiger charge is -2.31. The second-order valence-corrected chi connectivity index (χ2v) is 5.55. The van der Waals surface area contributed by atoms with E-state index in [1.807, 2.05) is 12.1 Å². The maximum absolute atomic E-state index is 11.9. The number of benzene rings is 2. The molecule has 0 atom stereocenters. The molecule has 1 radical (unpaired) electrons. The standard InChI is InChI=1S/C18H17O3/c1-4-12-5-7-13(8-6-12)14-9-10-15-16(11-14)20-18(2,3)21-17(15)19/h5-11H,1,4H2,2-3H3. The quantitative estimate of drug-likeness (QED) is 0.780. The van der Waals surface area contributed by atoms with Gasteiger partial charge in [0.25, 0.3) is 0 Å².